The van der Waals surface area contributed by atoms with Crippen LogP contribution in [-0.2, 0) is 4.74 Å². The number of rotatable bonds is 7. The van der Waals surface area contributed by atoms with E-state index in [-0.39, 0.29) is 36.7 Å². The first-order valence-electron chi connectivity index (χ1n) is 6.16. The van der Waals surface area contributed by atoms with Crippen molar-refractivity contribution in [2.75, 3.05) is 32.1 Å². The highest BCUT2D eigenvalue weighted by molar-refractivity contribution is 5.92. The van der Waals surface area contributed by atoms with E-state index in [9.17, 15) is 4.79 Å². The molecule has 0 radical (unpaired) electrons. The van der Waals surface area contributed by atoms with E-state index in [1.54, 1.807) is 6.07 Å². The molecule has 19 heavy (non-hydrogen) atoms. The minimum Gasteiger partial charge on any atom is -0.394 e. The number of nitrogens with two attached hydrogens (primary N) is 1. The molecule has 0 bridgehead atoms. The zero-order valence-electron chi connectivity index (χ0n) is 11.2. The molecule has 1 aromatic rings. The third-order valence-electron chi connectivity index (χ3n) is 2.36. The van der Waals surface area contributed by atoms with Crippen molar-refractivity contribution in [1.29, 1.82) is 0 Å². The van der Waals surface area contributed by atoms with Crippen molar-refractivity contribution in [1.82, 2.24) is 15.3 Å². The predicted octanol–water partition coefficient (Wildman–Crippen LogP) is -0.0791. The molecule has 1 amide bonds. The highest BCUT2D eigenvalue weighted by atomic mass is 16.5. The van der Waals surface area contributed by atoms with Gasteiger partial charge in [0.25, 0.3) is 5.91 Å². The van der Waals surface area contributed by atoms with Gasteiger partial charge in [0, 0.05) is 12.2 Å². The monoisotopic (exact) mass is 268 g/mol. The SMILES string of the molecule is CC(C)c1cc(C(=O)NCCOCCO)nc(N)n1. The van der Waals surface area contributed by atoms with Gasteiger partial charge in [-0.1, -0.05) is 13.8 Å². The third-order valence-corrected chi connectivity index (χ3v) is 2.36. The molecule has 1 rings (SSSR count). The number of aliphatic hydroxyl groups is 1. The summed E-state index contributed by atoms with van der Waals surface area (Å²) in [7, 11) is 0. The van der Waals surface area contributed by atoms with Crippen molar-refractivity contribution in [2.24, 2.45) is 0 Å². The Bertz CT molecular complexity index is 423. The molecule has 0 aromatic carbocycles. The molecule has 7 heteroatoms. The first-order valence-corrected chi connectivity index (χ1v) is 6.16. The normalized spacial score (nSPS) is 10.7. The van der Waals surface area contributed by atoms with Gasteiger partial charge in [0.1, 0.15) is 5.69 Å². The second kappa shape index (κ2) is 7.65. The molecule has 1 aromatic heterocycles. The van der Waals surface area contributed by atoms with Crippen LogP contribution in [0.5, 0.6) is 0 Å². The summed E-state index contributed by atoms with van der Waals surface area (Å²) in [4.78, 5) is 19.8. The lowest BCUT2D eigenvalue weighted by Gasteiger charge is -2.09. The van der Waals surface area contributed by atoms with Gasteiger partial charge in [-0.05, 0) is 12.0 Å². The van der Waals surface area contributed by atoms with Crippen LogP contribution in [0.25, 0.3) is 0 Å². The van der Waals surface area contributed by atoms with E-state index in [0.717, 1.165) is 5.69 Å². The van der Waals surface area contributed by atoms with Gasteiger partial charge in [-0.3, -0.25) is 4.79 Å². The Morgan fingerprint density at radius 1 is 1.47 bits per heavy atom. The standard InChI is InChI=1S/C12H20N4O3/c1-8(2)9-7-10(16-12(13)15-9)11(18)14-3-5-19-6-4-17/h7-8,17H,3-6H2,1-2H3,(H,14,18)(H2,13,15,16). The summed E-state index contributed by atoms with van der Waals surface area (Å²) in [6, 6.07) is 1.63. The molecule has 0 aliphatic rings. The topological polar surface area (TPSA) is 110 Å². The fourth-order valence-corrected chi connectivity index (χ4v) is 1.39. The van der Waals surface area contributed by atoms with Crippen molar-refractivity contribution >= 4 is 11.9 Å². The summed E-state index contributed by atoms with van der Waals surface area (Å²) in [5, 5.41) is 11.2. The summed E-state index contributed by atoms with van der Waals surface area (Å²) in [5.41, 5.74) is 6.55. The van der Waals surface area contributed by atoms with E-state index in [2.05, 4.69) is 15.3 Å². The number of amides is 1. The molecule has 4 N–H and O–H groups in total. The summed E-state index contributed by atoms with van der Waals surface area (Å²) >= 11 is 0. The molecule has 0 atom stereocenters. The lowest BCUT2D eigenvalue weighted by Crippen LogP contribution is -2.28. The molecular weight excluding hydrogens is 248 g/mol. The highest BCUT2D eigenvalue weighted by Gasteiger charge is 2.12. The van der Waals surface area contributed by atoms with Crippen LogP contribution in [-0.4, -0.2) is 47.3 Å². The number of ether oxygens (including phenoxy) is 1. The van der Waals surface area contributed by atoms with Crippen LogP contribution in [0.2, 0.25) is 0 Å². The molecule has 0 unspecified atom stereocenters. The van der Waals surface area contributed by atoms with E-state index in [0.29, 0.717) is 13.2 Å². The number of nitrogens with one attached hydrogen (secondary N) is 1. The van der Waals surface area contributed by atoms with Crippen molar-refractivity contribution in [3.8, 4) is 0 Å². The van der Waals surface area contributed by atoms with Crippen molar-refractivity contribution in [3.63, 3.8) is 0 Å². The Morgan fingerprint density at radius 2 is 2.21 bits per heavy atom. The van der Waals surface area contributed by atoms with Crippen LogP contribution < -0.4 is 11.1 Å². The molecule has 0 aliphatic carbocycles. The lowest BCUT2D eigenvalue weighted by molar-refractivity contribution is 0.0835. The number of aromatic nitrogens is 2. The number of aliphatic hydroxyl groups excluding tert-OH is 1. The maximum absolute atomic E-state index is 11.8. The summed E-state index contributed by atoms with van der Waals surface area (Å²) in [6.45, 7) is 4.84. The maximum Gasteiger partial charge on any atom is 0.270 e. The summed E-state index contributed by atoms with van der Waals surface area (Å²) in [6.07, 6.45) is 0. The number of hydrogen-bond donors (Lipinski definition) is 3. The number of nitrogen functional groups attached to an aromatic ring is 1. The quantitative estimate of drug-likeness (QED) is 0.597. The van der Waals surface area contributed by atoms with E-state index < -0.39 is 0 Å². The Labute approximate surface area is 112 Å². The van der Waals surface area contributed by atoms with Crippen molar-refractivity contribution in [2.45, 2.75) is 19.8 Å². The van der Waals surface area contributed by atoms with Crippen LogP contribution in [0.1, 0.15) is 35.9 Å². The molecule has 1 heterocycles. The summed E-state index contributed by atoms with van der Waals surface area (Å²) in [5.74, 6) is -0.0544. The molecule has 0 fully saturated rings. The average Bonchev–Trinajstić information content (AvgIpc) is 2.37. The van der Waals surface area contributed by atoms with Crippen LogP contribution >= 0.6 is 0 Å². The minimum atomic E-state index is -0.316. The summed E-state index contributed by atoms with van der Waals surface area (Å²) < 4.78 is 5.03. The number of hydrogen-bond acceptors (Lipinski definition) is 6. The Morgan fingerprint density at radius 3 is 2.84 bits per heavy atom. The highest BCUT2D eigenvalue weighted by Crippen LogP contribution is 2.13. The van der Waals surface area contributed by atoms with Gasteiger partial charge in [-0.15, -0.1) is 0 Å². The Hall–Kier alpha value is -1.73. The van der Waals surface area contributed by atoms with Gasteiger partial charge >= 0.3 is 0 Å². The zero-order valence-corrected chi connectivity index (χ0v) is 11.2. The van der Waals surface area contributed by atoms with Crippen molar-refractivity contribution in [3.05, 3.63) is 17.5 Å². The van der Waals surface area contributed by atoms with E-state index in [1.807, 2.05) is 13.8 Å². The van der Waals surface area contributed by atoms with Crippen LogP contribution in [0, 0.1) is 0 Å². The molecule has 0 aliphatic heterocycles. The van der Waals surface area contributed by atoms with Crippen LogP contribution in [0.3, 0.4) is 0 Å². The first-order chi connectivity index (χ1) is 9.04. The van der Waals surface area contributed by atoms with Gasteiger partial charge in [-0.25, -0.2) is 9.97 Å². The van der Waals surface area contributed by atoms with Gasteiger partial charge in [0.15, 0.2) is 0 Å². The van der Waals surface area contributed by atoms with E-state index in [4.69, 9.17) is 15.6 Å². The molecule has 0 saturated heterocycles. The fourth-order valence-electron chi connectivity index (χ4n) is 1.39. The Balaban J connectivity index is 2.56. The predicted molar refractivity (Wildman–Crippen MR) is 70.8 cm³/mol. The molecular formula is C12H20N4O3. The van der Waals surface area contributed by atoms with Gasteiger partial charge in [-0.2, -0.15) is 0 Å². The molecule has 106 valence electrons. The molecule has 7 nitrogen and oxygen atoms in total. The van der Waals surface area contributed by atoms with Crippen LogP contribution in [0.4, 0.5) is 5.95 Å². The number of anilines is 1. The second-order valence-electron chi connectivity index (χ2n) is 4.28. The number of nitrogens with zero attached hydrogens (tertiary/aromatic N) is 2. The van der Waals surface area contributed by atoms with E-state index in [1.165, 1.54) is 0 Å². The average molecular weight is 268 g/mol. The molecule has 0 spiro atoms. The second-order valence-corrected chi connectivity index (χ2v) is 4.28. The van der Waals surface area contributed by atoms with Gasteiger partial charge in [0.2, 0.25) is 5.95 Å². The van der Waals surface area contributed by atoms with Gasteiger partial charge < -0.3 is 20.9 Å². The minimum absolute atomic E-state index is 0.0336. The Kier molecular flexibility index (Phi) is 6.17. The smallest absolute Gasteiger partial charge is 0.270 e. The van der Waals surface area contributed by atoms with E-state index >= 15 is 0 Å². The van der Waals surface area contributed by atoms with Crippen molar-refractivity contribution < 1.29 is 14.6 Å². The number of carbonyl (C=O) groups excluding carboxylic acids is 1. The number of carbonyl (C=O) groups is 1. The maximum atomic E-state index is 11.8. The third kappa shape index (κ3) is 5.19. The fraction of sp³-hybridized carbons (Fsp3) is 0.583. The van der Waals surface area contributed by atoms with Crippen LogP contribution in [0.15, 0.2) is 6.07 Å². The lowest BCUT2D eigenvalue weighted by atomic mass is 10.1. The van der Waals surface area contributed by atoms with Gasteiger partial charge in [0.05, 0.1) is 19.8 Å². The molecule has 0 saturated carbocycles. The largest absolute Gasteiger partial charge is 0.394 e. The first kappa shape index (κ1) is 15.3. The zero-order chi connectivity index (χ0) is 14.3.